The molecule has 0 fully saturated rings. The van der Waals surface area contributed by atoms with Crippen LogP contribution in [0.25, 0.3) is 16.6 Å². The second-order valence-electron chi connectivity index (χ2n) is 6.98. The van der Waals surface area contributed by atoms with Gasteiger partial charge in [0.2, 0.25) is 0 Å². The van der Waals surface area contributed by atoms with Gasteiger partial charge < -0.3 is 9.05 Å². The van der Waals surface area contributed by atoms with Gasteiger partial charge >= 0.3 is 7.60 Å². The molecule has 0 aliphatic heterocycles. The third kappa shape index (κ3) is 4.39. The molecule has 0 spiro atoms. The van der Waals surface area contributed by atoms with E-state index in [1.807, 2.05) is 97.4 Å². The second kappa shape index (κ2) is 9.49. The summed E-state index contributed by atoms with van der Waals surface area (Å²) in [5.41, 5.74) is 2.70. The van der Waals surface area contributed by atoms with Crippen molar-refractivity contribution in [2.24, 2.45) is 0 Å². The van der Waals surface area contributed by atoms with Crippen molar-refractivity contribution >= 4 is 34.4 Å². The molecule has 1 heterocycles. The Morgan fingerprint density at radius 2 is 1.52 bits per heavy atom. The Balaban J connectivity index is 2.05. The molecular formula is C24H24BrN2O3P. The Kier molecular flexibility index (Phi) is 6.73. The van der Waals surface area contributed by atoms with Crippen LogP contribution in [-0.4, -0.2) is 23.0 Å². The SMILES string of the molecule is CCOP(=O)(OCC)C(c1ccccc1)c1c2ccccc2nn1-c1ccc(Br)cc1. The summed E-state index contributed by atoms with van der Waals surface area (Å²) in [7, 11) is -3.57. The molecule has 1 atom stereocenters. The molecule has 0 bridgehead atoms. The molecule has 0 aliphatic rings. The van der Waals surface area contributed by atoms with Gasteiger partial charge in [-0.2, -0.15) is 5.10 Å². The van der Waals surface area contributed by atoms with E-state index in [0.717, 1.165) is 32.3 Å². The van der Waals surface area contributed by atoms with Gasteiger partial charge in [-0.25, -0.2) is 4.68 Å². The van der Waals surface area contributed by atoms with Gasteiger partial charge in [0.25, 0.3) is 0 Å². The van der Waals surface area contributed by atoms with Gasteiger partial charge in [0, 0.05) is 9.86 Å². The predicted molar refractivity (Wildman–Crippen MR) is 128 cm³/mol. The van der Waals surface area contributed by atoms with Crippen molar-refractivity contribution in [1.29, 1.82) is 0 Å². The van der Waals surface area contributed by atoms with Crippen LogP contribution in [0.1, 0.15) is 30.8 Å². The van der Waals surface area contributed by atoms with Gasteiger partial charge in [0.15, 0.2) is 0 Å². The molecular weight excluding hydrogens is 475 g/mol. The third-order valence-corrected chi connectivity index (χ3v) is 7.94. The minimum absolute atomic E-state index is 0.283. The Hall–Kier alpha value is -2.24. The maximum absolute atomic E-state index is 14.2. The molecule has 0 N–H and O–H groups in total. The van der Waals surface area contributed by atoms with Crippen molar-refractivity contribution in [3.8, 4) is 5.69 Å². The van der Waals surface area contributed by atoms with Gasteiger partial charge in [-0.3, -0.25) is 4.57 Å². The first-order valence-electron chi connectivity index (χ1n) is 10.2. The van der Waals surface area contributed by atoms with Gasteiger partial charge in [0.1, 0.15) is 5.66 Å². The maximum Gasteiger partial charge on any atom is 0.344 e. The summed E-state index contributed by atoms with van der Waals surface area (Å²) in [6.45, 7) is 4.23. The van der Waals surface area contributed by atoms with Crippen molar-refractivity contribution < 1.29 is 13.6 Å². The highest BCUT2D eigenvalue weighted by atomic mass is 79.9. The molecule has 4 rings (SSSR count). The maximum atomic E-state index is 14.2. The molecule has 4 aromatic rings. The summed E-state index contributed by atoms with van der Waals surface area (Å²) < 4.78 is 28.7. The quantitative estimate of drug-likeness (QED) is 0.242. The molecule has 160 valence electrons. The summed E-state index contributed by atoms with van der Waals surface area (Å²) in [5, 5.41) is 5.78. The fourth-order valence-corrected chi connectivity index (χ4v) is 6.21. The minimum Gasteiger partial charge on any atom is -0.308 e. The minimum atomic E-state index is -3.57. The highest BCUT2D eigenvalue weighted by molar-refractivity contribution is 9.10. The fourth-order valence-electron chi connectivity index (χ4n) is 3.77. The molecule has 0 aliphatic carbocycles. The van der Waals surface area contributed by atoms with E-state index in [2.05, 4.69) is 15.9 Å². The Morgan fingerprint density at radius 3 is 2.16 bits per heavy atom. The van der Waals surface area contributed by atoms with Gasteiger partial charge in [-0.15, -0.1) is 0 Å². The summed E-state index contributed by atoms with van der Waals surface area (Å²) >= 11 is 3.50. The summed E-state index contributed by atoms with van der Waals surface area (Å²) in [6, 6.07) is 25.5. The molecule has 31 heavy (non-hydrogen) atoms. The average Bonchev–Trinajstić information content (AvgIpc) is 3.15. The van der Waals surface area contributed by atoms with E-state index < -0.39 is 13.3 Å². The van der Waals surface area contributed by atoms with Crippen LogP contribution in [0.15, 0.2) is 83.3 Å². The zero-order valence-corrected chi connectivity index (χ0v) is 19.9. The van der Waals surface area contributed by atoms with Crippen LogP contribution in [0, 0.1) is 0 Å². The standard InChI is InChI=1S/C24H24BrN2O3P/c1-3-29-31(28,30-4-2)24(18-10-6-5-7-11-18)23-21-12-8-9-13-22(21)26-27(23)20-16-14-19(25)15-17-20/h5-17,24H,3-4H2,1-2H3. The zero-order chi connectivity index (χ0) is 21.8. The van der Waals surface area contributed by atoms with E-state index in [9.17, 15) is 4.57 Å². The number of nitrogens with zero attached hydrogens (tertiary/aromatic N) is 2. The van der Waals surface area contributed by atoms with Gasteiger partial charge in [0.05, 0.1) is 30.1 Å². The highest BCUT2D eigenvalue weighted by Gasteiger charge is 2.41. The number of rotatable bonds is 8. The largest absolute Gasteiger partial charge is 0.344 e. The lowest BCUT2D eigenvalue weighted by Gasteiger charge is -2.27. The van der Waals surface area contributed by atoms with Crippen molar-refractivity contribution in [2.45, 2.75) is 19.5 Å². The molecule has 5 nitrogen and oxygen atoms in total. The number of hydrogen-bond acceptors (Lipinski definition) is 4. The third-order valence-electron chi connectivity index (χ3n) is 5.00. The molecule has 1 unspecified atom stereocenters. The van der Waals surface area contributed by atoms with Crippen LogP contribution < -0.4 is 0 Å². The Morgan fingerprint density at radius 1 is 0.903 bits per heavy atom. The first kappa shape index (κ1) is 22.0. The van der Waals surface area contributed by atoms with Crippen LogP contribution >= 0.6 is 23.5 Å². The molecule has 7 heteroatoms. The predicted octanol–water partition coefficient (Wildman–Crippen LogP) is 7.14. The van der Waals surface area contributed by atoms with E-state index in [0.29, 0.717) is 0 Å². The molecule has 0 radical (unpaired) electrons. The molecule has 3 aromatic carbocycles. The number of halogens is 1. The van der Waals surface area contributed by atoms with Crippen LogP contribution in [0.4, 0.5) is 0 Å². The van der Waals surface area contributed by atoms with Crippen molar-refractivity contribution in [1.82, 2.24) is 9.78 Å². The summed E-state index contributed by atoms with van der Waals surface area (Å²) in [6.07, 6.45) is 0. The number of hydrogen-bond donors (Lipinski definition) is 0. The highest BCUT2D eigenvalue weighted by Crippen LogP contribution is 2.64. The lowest BCUT2D eigenvalue weighted by molar-refractivity contribution is 0.214. The molecule has 0 saturated carbocycles. The second-order valence-corrected chi connectivity index (χ2v) is 10.0. The van der Waals surface area contributed by atoms with E-state index in [1.165, 1.54) is 0 Å². The molecule has 0 amide bonds. The Bertz CT molecular complexity index is 1200. The lowest BCUT2D eigenvalue weighted by Crippen LogP contribution is -2.13. The van der Waals surface area contributed by atoms with Crippen LogP contribution in [0.5, 0.6) is 0 Å². The monoisotopic (exact) mass is 498 g/mol. The first-order valence-corrected chi connectivity index (χ1v) is 12.6. The average molecular weight is 499 g/mol. The Labute approximate surface area is 190 Å². The normalized spacial score (nSPS) is 12.9. The van der Waals surface area contributed by atoms with Crippen molar-refractivity contribution in [2.75, 3.05) is 13.2 Å². The zero-order valence-electron chi connectivity index (χ0n) is 17.4. The summed E-state index contributed by atoms with van der Waals surface area (Å²) in [5.74, 6) is 0. The van der Waals surface area contributed by atoms with Crippen LogP contribution in [-0.2, 0) is 13.6 Å². The first-order chi connectivity index (χ1) is 15.1. The molecule has 1 aromatic heterocycles. The van der Waals surface area contributed by atoms with E-state index in [1.54, 1.807) is 0 Å². The summed E-state index contributed by atoms with van der Waals surface area (Å²) in [4.78, 5) is 0. The fraction of sp³-hybridized carbons (Fsp3) is 0.208. The van der Waals surface area contributed by atoms with Crippen molar-refractivity contribution in [3.63, 3.8) is 0 Å². The van der Waals surface area contributed by atoms with Gasteiger partial charge in [-0.05, 0) is 49.7 Å². The molecule has 0 saturated heterocycles. The van der Waals surface area contributed by atoms with Gasteiger partial charge in [-0.1, -0.05) is 64.5 Å². The van der Waals surface area contributed by atoms with E-state index in [4.69, 9.17) is 14.1 Å². The number of benzene rings is 3. The topological polar surface area (TPSA) is 53.4 Å². The smallest absolute Gasteiger partial charge is 0.308 e. The number of aromatic nitrogens is 2. The van der Waals surface area contributed by atoms with Crippen molar-refractivity contribution in [3.05, 3.63) is 94.6 Å². The number of fused-ring (bicyclic) bond motifs is 1. The van der Waals surface area contributed by atoms with Crippen LogP contribution in [0.3, 0.4) is 0 Å². The van der Waals surface area contributed by atoms with Crippen LogP contribution in [0.2, 0.25) is 0 Å². The van der Waals surface area contributed by atoms with E-state index >= 15 is 0 Å². The van der Waals surface area contributed by atoms with E-state index in [-0.39, 0.29) is 13.2 Å². The lowest BCUT2D eigenvalue weighted by atomic mass is 10.1.